The first kappa shape index (κ1) is 13.1. The Morgan fingerprint density at radius 1 is 1.14 bits per heavy atom. The van der Waals surface area contributed by atoms with Gasteiger partial charge in [-0.1, -0.05) is 44.2 Å². The number of halogens is 1. The van der Waals surface area contributed by atoms with Crippen LogP contribution in [0.2, 0.25) is 0 Å². The van der Waals surface area contributed by atoms with E-state index in [9.17, 15) is 5.11 Å². The van der Waals surface area contributed by atoms with Crippen molar-refractivity contribution in [3.63, 3.8) is 0 Å². The van der Waals surface area contributed by atoms with E-state index in [4.69, 9.17) is 0 Å². The van der Waals surface area contributed by atoms with Gasteiger partial charge in [0, 0.05) is 0 Å². The molecular formula is C12H19FO. The fraction of sp³-hybridized carbons (Fsp3) is 0.500. The molecule has 0 saturated carbocycles. The van der Waals surface area contributed by atoms with Crippen molar-refractivity contribution in [1.29, 1.82) is 0 Å². The third kappa shape index (κ3) is 4.97. The second-order valence-corrected chi connectivity index (χ2v) is 3.97. The summed E-state index contributed by atoms with van der Waals surface area (Å²) in [5.74, 6) is 0.568. The fourth-order valence-electron chi connectivity index (χ4n) is 1.51. The van der Waals surface area contributed by atoms with E-state index in [1.54, 1.807) is 0 Å². The highest BCUT2D eigenvalue weighted by atomic mass is 19.0. The monoisotopic (exact) mass is 198 g/mol. The predicted molar refractivity (Wildman–Crippen MR) is 58.1 cm³/mol. The quantitative estimate of drug-likeness (QED) is 0.788. The zero-order chi connectivity index (χ0) is 9.68. The number of aliphatic hydroxyl groups is 1. The molecule has 0 heterocycles. The summed E-state index contributed by atoms with van der Waals surface area (Å²) in [6.07, 6.45) is 1.47. The first-order chi connectivity index (χ1) is 6.18. The van der Waals surface area contributed by atoms with E-state index in [1.807, 2.05) is 18.2 Å². The summed E-state index contributed by atoms with van der Waals surface area (Å²) in [5.41, 5.74) is 1.22. The Hall–Kier alpha value is -0.890. The van der Waals surface area contributed by atoms with Crippen LogP contribution in [0.4, 0.5) is 4.70 Å². The van der Waals surface area contributed by atoms with Crippen molar-refractivity contribution in [3.8, 4) is 0 Å². The van der Waals surface area contributed by atoms with Gasteiger partial charge in [-0.2, -0.15) is 0 Å². The highest BCUT2D eigenvalue weighted by Gasteiger charge is 2.06. The highest BCUT2D eigenvalue weighted by molar-refractivity contribution is 5.15. The van der Waals surface area contributed by atoms with Crippen molar-refractivity contribution in [2.75, 3.05) is 0 Å². The molecule has 0 aliphatic carbocycles. The molecule has 0 aliphatic rings. The summed E-state index contributed by atoms with van der Waals surface area (Å²) < 4.78 is 0. The Morgan fingerprint density at radius 3 is 2.21 bits per heavy atom. The SMILES string of the molecule is CC(C)CC(O)Cc1ccccc1.F. The minimum atomic E-state index is -0.192. The zero-order valence-electron chi connectivity index (χ0n) is 8.81. The molecule has 1 aromatic rings. The molecule has 1 nitrogen and oxygen atoms in total. The Labute approximate surface area is 85.1 Å². The third-order valence-corrected chi connectivity index (χ3v) is 2.06. The Morgan fingerprint density at radius 2 is 1.71 bits per heavy atom. The normalized spacial score (nSPS) is 12.3. The molecule has 0 bridgehead atoms. The number of benzene rings is 1. The molecule has 1 atom stereocenters. The van der Waals surface area contributed by atoms with E-state index in [0.29, 0.717) is 5.92 Å². The van der Waals surface area contributed by atoms with Crippen LogP contribution in [-0.2, 0) is 6.42 Å². The lowest BCUT2D eigenvalue weighted by molar-refractivity contribution is 0.149. The Balaban J connectivity index is 0.00000169. The van der Waals surface area contributed by atoms with Gasteiger partial charge in [0.1, 0.15) is 0 Å². The summed E-state index contributed by atoms with van der Waals surface area (Å²) >= 11 is 0. The molecule has 80 valence electrons. The average molecular weight is 198 g/mol. The van der Waals surface area contributed by atoms with Crippen LogP contribution in [0.3, 0.4) is 0 Å². The van der Waals surface area contributed by atoms with Crippen LogP contribution in [0.25, 0.3) is 0 Å². The molecule has 1 aromatic carbocycles. The van der Waals surface area contributed by atoms with E-state index >= 15 is 0 Å². The molecule has 0 aliphatic heterocycles. The van der Waals surface area contributed by atoms with E-state index in [2.05, 4.69) is 26.0 Å². The molecular weight excluding hydrogens is 179 g/mol. The van der Waals surface area contributed by atoms with Gasteiger partial charge in [0.25, 0.3) is 0 Å². The first-order valence-corrected chi connectivity index (χ1v) is 4.90. The predicted octanol–water partition coefficient (Wildman–Crippen LogP) is 2.79. The van der Waals surface area contributed by atoms with Crippen LogP contribution in [0, 0.1) is 5.92 Å². The number of hydrogen-bond donors (Lipinski definition) is 1. The number of rotatable bonds is 4. The van der Waals surface area contributed by atoms with Crippen LogP contribution in [0.5, 0.6) is 0 Å². The van der Waals surface area contributed by atoms with Gasteiger partial charge in [-0.25, -0.2) is 0 Å². The Kier molecular flexibility index (Phi) is 6.13. The van der Waals surface area contributed by atoms with Gasteiger partial charge in [0.15, 0.2) is 0 Å². The smallest absolute Gasteiger partial charge is 0.0583 e. The number of hydrogen-bond acceptors (Lipinski definition) is 1. The van der Waals surface area contributed by atoms with Crippen molar-refractivity contribution < 1.29 is 9.81 Å². The highest BCUT2D eigenvalue weighted by Crippen LogP contribution is 2.10. The molecule has 0 radical (unpaired) electrons. The van der Waals surface area contributed by atoms with Crippen molar-refractivity contribution >= 4 is 0 Å². The maximum absolute atomic E-state index is 9.67. The molecule has 14 heavy (non-hydrogen) atoms. The average Bonchev–Trinajstić information content (AvgIpc) is 2.04. The third-order valence-electron chi connectivity index (χ3n) is 2.06. The molecule has 0 saturated heterocycles. The Bertz CT molecular complexity index is 233. The van der Waals surface area contributed by atoms with Crippen LogP contribution in [-0.4, -0.2) is 11.2 Å². The van der Waals surface area contributed by atoms with Crippen LogP contribution in [0.15, 0.2) is 30.3 Å². The lowest BCUT2D eigenvalue weighted by atomic mass is 10.00. The van der Waals surface area contributed by atoms with Crippen molar-refractivity contribution in [2.45, 2.75) is 32.8 Å². The standard InChI is InChI=1S/C12H18O.FH/c1-10(2)8-12(13)9-11-6-4-3-5-7-11;/h3-7,10,12-13H,8-9H2,1-2H3;1H. The van der Waals surface area contributed by atoms with E-state index in [1.165, 1.54) is 5.56 Å². The van der Waals surface area contributed by atoms with Crippen molar-refractivity contribution in [3.05, 3.63) is 35.9 Å². The maximum atomic E-state index is 9.67. The van der Waals surface area contributed by atoms with Crippen molar-refractivity contribution in [2.24, 2.45) is 5.92 Å². The van der Waals surface area contributed by atoms with Crippen LogP contribution < -0.4 is 0 Å². The first-order valence-electron chi connectivity index (χ1n) is 4.90. The molecule has 1 rings (SSSR count). The fourth-order valence-corrected chi connectivity index (χ4v) is 1.51. The molecule has 0 amide bonds. The van der Waals surface area contributed by atoms with Crippen LogP contribution >= 0.6 is 0 Å². The molecule has 0 spiro atoms. The van der Waals surface area contributed by atoms with Gasteiger partial charge in [-0.15, -0.1) is 0 Å². The van der Waals surface area contributed by atoms with E-state index in [-0.39, 0.29) is 10.8 Å². The van der Waals surface area contributed by atoms with Gasteiger partial charge in [0.05, 0.1) is 6.10 Å². The lowest BCUT2D eigenvalue weighted by Crippen LogP contribution is -2.13. The van der Waals surface area contributed by atoms with Crippen molar-refractivity contribution in [1.82, 2.24) is 0 Å². The molecule has 2 heteroatoms. The summed E-state index contributed by atoms with van der Waals surface area (Å²) in [4.78, 5) is 0. The van der Waals surface area contributed by atoms with Gasteiger partial charge < -0.3 is 5.11 Å². The minimum Gasteiger partial charge on any atom is -0.393 e. The molecule has 1 unspecified atom stereocenters. The number of aliphatic hydroxyl groups excluding tert-OH is 1. The van der Waals surface area contributed by atoms with Crippen LogP contribution in [0.1, 0.15) is 25.8 Å². The second kappa shape index (κ2) is 6.55. The summed E-state index contributed by atoms with van der Waals surface area (Å²) in [7, 11) is 0. The summed E-state index contributed by atoms with van der Waals surface area (Å²) in [5, 5.41) is 9.67. The second-order valence-electron chi connectivity index (χ2n) is 3.97. The lowest BCUT2D eigenvalue weighted by Gasteiger charge is -2.12. The summed E-state index contributed by atoms with van der Waals surface area (Å²) in [6, 6.07) is 10.1. The topological polar surface area (TPSA) is 20.2 Å². The summed E-state index contributed by atoms with van der Waals surface area (Å²) in [6.45, 7) is 4.27. The van der Waals surface area contributed by atoms with Gasteiger partial charge in [0.2, 0.25) is 0 Å². The molecule has 1 N–H and O–H groups in total. The minimum absolute atomic E-state index is 0. The zero-order valence-corrected chi connectivity index (χ0v) is 8.81. The maximum Gasteiger partial charge on any atom is 0.0583 e. The van der Waals surface area contributed by atoms with Gasteiger partial charge in [-0.05, 0) is 24.3 Å². The molecule has 0 fully saturated rings. The molecule has 0 aromatic heterocycles. The van der Waals surface area contributed by atoms with E-state index < -0.39 is 0 Å². The van der Waals surface area contributed by atoms with E-state index in [0.717, 1.165) is 12.8 Å². The van der Waals surface area contributed by atoms with Gasteiger partial charge in [-0.3, -0.25) is 4.70 Å². The largest absolute Gasteiger partial charge is 0.393 e. The van der Waals surface area contributed by atoms with Gasteiger partial charge >= 0.3 is 0 Å².